The van der Waals surface area contributed by atoms with Crippen LogP contribution in [0.2, 0.25) is 0 Å². The molecule has 6 heteroatoms. The Bertz CT molecular complexity index is 1070. The van der Waals surface area contributed by atoms with Crippen molar-refractivity contribution < 1.29 is 9.59 Å². The molecule has 1 aromatic heterocycles. The molecular weight excluding hydrogens is 364 g/mol. The lowest BCUT2D eigenvalue weighted by Crippen LogP contribution is -2.14. The minimum Gasteiger partial charge on any atom is -0.326 e. The van der Waals surface area contributed by atoms with Crippen LogP contribution < -0.4 is 10.6 Å². The van der Waals surface area contributed by atoms with Crippen LogP contribution in [0.3, 0.4) is 0 Å². The standard InChI is InChI=1S/C23H22N4O2/c1-16-7-11-19(25-23(29)18-9-10-18)13-21(16)26-22(28)12-8-17-14-24-27(15-17)20-5-3-2-4-6-20/h2-8,11-15,18H,9-10H2,1H3,(H,25,29)(H,26,28)/b12-8+. The number of carbonyl (C=O) groups excluding carboxylic acids is 2. The van der Waals surface area contributed by atoms with E-state index in [4.69, 9.17) is 0 Å². The summed E-state index contributed by atoms with van der Waals surface area (Å²) in [5, 5.41) is 10.1. The van der Waals surface area contributed by atoms with Crippen molar-refractivity contribution in [2.45, 2.75) is 19.8 Å². The van der Waals surface area contributed by atoms with Gasteiger partial charge in [0.05, 0.1) is 11.9 Å². The number of rotatable bonds is 6. The summed E-state index contributed by atoms with van der Waals surface area (Å²) in [7, 11) is 0. The first-order chi connectivity index (χ1) is 14.1. The second-order valence-electron chi connectivity index (χ2n) is 7.17. The Labute approximate surface area is 169 Å². The summed E-state index contributed by atoms with van der Waals surface area (Å²) < 4.78 is 1.76. The quantitative estimate of drug-likeness (QED) is 0.624. The largest absolute Gasteiger partial charge is 0.326 e. The molecule has 29 heavy (non-hydrogen) atoms. The van der Waals surface area contributed by atoms with Gasteiger partial charge in [-0.1, -0.05) is 24.3 Å². The highest BCUT2D eigenvalue weighted by molar-refractivity contribution is 6.03. The molecule has 0 spiro atoms. The predicted octanol–water partition coefficient (Wildman–Crippen LogP) is 4.18. The Morgan fingerprint density at radius 1 is 1.10 bits per heavy atom. The minimum atomic E-state index is -0.244. The molecule has 2 amide bonds. The molecule has 1 saturated carbocycles. The third-order valence-corrected chi connectivity index (χ3v) is 4.76. The first-order valence-electron chi connectivity index (χ1n) is 9.59. The number of carbonyl (C=O) groups is 2. The van der Waals surface area contributed by atoms with Gasteiger partial charge >= 0.3 is 0 Å². The molecule has 1 aliphatic rings. The molecule has 1 heterocycles. The molecule has 6 nitrogen and oxygen atoms in total. The van der Waals surface area contributed by atoms with Gasteiger partial charge in [0.25, 0.3) is 0 Å². The molecule has 2 N–H and O–H groups in total. The van der Waals surface area contributed by atoms with Crippen molar-refractivity contribution in [2.75, 3.05) is 10.6 Å². The second-order valence-corrected chi connectivity index (χ2v) is 7.17. The van der Waals surface area contributed by atoms with Crippen molar-refractivity contribution in [1.82, 2.24) is 9.78 Å². The Morgan fingerprint density at radius 3 is 2.66 bits per heavy atom. The molecule has 2 aromatic carbocycles. The summed E-state index contributed by atoms with van der Waals surface area (Å²) in [6, 6.07) is 15.3. The fraction of sp³-hybridized carbons (Fsp3) is 0.174. The first kappa shape index (κ1) is 18.7. The number of anilines is 2. The summed E-state index contributed by atoms with van der Waals surface area (Å²) in [6.45, 7) is 1.91. The van der Waals surface area contributed by atoms with Gasteiger partial charge in [-0.3, -0.25) is 9.59 Å². The lowest BCUT2D eigenvalue weighted by atomic mass is 10.1. The van der Waals surface area contributed by atoms with Crippen LogP contribution >= 0.6 is 0 Å². The van der Waals surface area contributed by atoms with Gasteiger partial charge in [-0.05, 0) is 55.7 Å². The van der Waals surface area contributed by atoms with Crippen molar-refractivity contribution in [3.05, 3.63) is 78.1 Å². The maximum Gasteiger partial charge on any atom is 0.248 e. The van der Waals surface area contributed by atoms with Crippen LogP contribution in [-0.4, -0.2) is 21.6 Å². The molecule has 0 saturated heterocycles. The summed E-state index contributed by atoms with van der Waals surface area (Å²) in [4.78, 5) is 24.3. The van der Waals surface area contributed by atoms with Crippen LogP contribution in [0.1, 0.15) is 24.0 Å². The summed E-state index contributed by atoms with van der Waals surface area (Å²) in [6.07, 6.45) is 8.66. The van der Waals surface area contributed by atoms with E-state index < -0.39 is 0 Å². The smallest absolute Gasteiger partial charge is 0.248 e. The molecule has 1 aliphatic carbocycles. The zero-order chi connectivity index (χ0) is 20.2. The highest BCUT2D eigenvalue weighted by Crippen LogP contribution is 2.30. The van der Waals surface area contributed by atoms with E-state index in [9.17, 15) is 9.59 Å². The van der Waals surface area contributed by atoms with Gasteiger partial charge in [0.2, 0.25) is 11.8 Å². The number of hydrogen-bond donors (Lipinski definition) is 2. The highest BCUT2D eigenvalue weighted by Gasteiger charge is 2.29. The molecule has 3 aromatic rings. The van der Waals surface area contributed by atoms with E-state index in [1.54, 1.807) is 23.0 Å². The van der Waals surface area contributed by atoms with Crippen molar-refractivity contribution in [3.8, 4) is 5.69 Å². The van der Waals surface area contributed by atoms with Gasteiger partial charge in [-0.2, -0.15) is 5.10 Å². The first-order valence-corrected chi connectivity index (χ1v) is 9.59. The number of aryl methyl sites for hydroxylation is 1. The molecular formula is C23H22N4O2. The number of para-hydroxylation sites is 1. The van der Waals surface area contributed by atoms with E-state index in [0.717, 1.165) is 29.7 Å². The molecule has 0 bridgehead atoms. The van der Waals surface area contributed by atoms with Crippen LogP contribution in [0.25, 0.3) is 11.8 Å². The van der Waals surface area contributed by atoms with Crippen molar-refractivity contribution in [2.24, 2.45) is 5.92 Å². The van der Waals surface area contributed by atoms with Crippen molar-refractivity contribution >= 4 is 29.3 Å². The number of nitrogens with one attached hydrogen (secondary N) is 2. The monoisotopic (exact) mass is 386 g/mol. The summed E-state index contributed by atoms with van der Waals surface area (Å²) >= 11 is 0. The normalized spacial score (nSPS) is 13.4. The van der Waals surface area contributed by atoms with Crippen LogP contribution in [0.15, 0.2) is 67.0 Å². The number of nitrogens with zero attached hydrogens (tertiary/aromatic N) is 2. The lowest BCUT2D eigenvalue weighted by Gasteiger charge is -2.10. The van der Waals surface area contributed by atoms with E-state index in [2.05, 4.69) is 15.7 Å². The molecule has 4 rings (SSSR count). The fourth-order valence-electron chi connectivity index (χ4n) is 2.92. The molecule has 0 radical (unpaired) electrons. The topological polar surface area (TPSA) is 76.0 Å². The van der Waals surface area contributed by atoms with Crippen molar-refractivity contribution in [1.29, 1.82) is 0 Å². The van der Waals surface area contributed by atoms with Gasteiger partial charge in [0.1, 0.15) is 0 Å². The van der Waals surface area contributed by atoms with Gasteiger partial charge in [-0.15, -0.1) is 0 Å². The zero-order valence-electron chi connectivity index (χ0n) is 16.1. The number of amides is 2. The van der Waals surface area contributed by atoms with E-state index >= 15 is 0 Å². The number of benzene rings is 2. The average molecular weight is 386 g/mol. The van der Waals surface area contributed by atoms with E-state index in [0.29, 0.717) is 11.4 Å². The predicted molar refractivity (Wildman–Crippen MR) is 114 cm³/mol. The van der Waals surface area contributed by atoms with Crippen LogP contribution in [0, 0.1) is 12.8 Å². The van der Waals surface area contributed by atoms with E-state index in [1.165, 1.54) is 6.08 Å². The SMILES string of the molecule is Cc1ccc(NC(=O)C2CC2)cc1NC(=O)/C=C/c1cnn(-c2ccccc2)c1. The molecule has 146 valence electrons. The molecule has 0 aliphatic heterocycles. The lowest BCUT2D eigenvalue weighted by molar-refractivity contribution is -0.117. The Morgan fingerprint density at radius 2 is 1.90 bits per heavy atom. The van der Waals surface area contributed by atoms with Crippen LogP contribution in [-0.2, 0) is 9.59 Å². The molecule has 0 unspecified atom stereocenters. The minimum absolute atomic E-state index is 0.0430. The van der Waals surface area contributed by atoms with Gasteiger partial charge in [0.15, 0.2) is 0 Å². The van der Waals surface area contributed by atoms with Crippen LogP contribution in [0.5, 0.6) is 0 Å². The maximum atomic E-state index is 12.4. The average Bonchev–Trinajstić information content (AvgIpc) is 3.48. The fourth-order valence-corrected chi connectivity index (χ4v) is 2.92. The van der Waals surface area contributed by atoms with E-state index in [1.807, 2.05) is 55.6 Å². The maximum absolute atomic E-state index is 12.4. The number of aromatic nitrogens is 2. The van der Waals surface area contributed by atoms with E-state index in [-0.39, 0.29) is 17.7 Å². The Balaban J connectivity index is 1.40. The molecule has 0 atom stereocenters. The third-order valence-electron chi connectivity index (χ3n) is 4.76. The van der Waals surface area contributed by atoms with Crippen LogP contribution in [0.4, 0.5) is 11.4 Å². The highest BCUT2D eigenvalue weighted by atomic mass is 16.2. The van der Waals surface area contributed by atoms with Crippen molar-refractivity contribution in [3.63, 3.8) is 0 Å². The van der Waals surface area contributed by atoms with Gasteiger partial charge < -0.3 is 10.6 Å². The summed E-state index contributed by atoms with van der Waals surface area (Å²) in [5.74, 6) is -0.0678. The van der Waals surface area contributed by atoms with Gasteiger partial charge in [0, 0.05) is 35.1 Å². The Hall–Kier alpha value is -3.67. The Kier molecular flexibility index (Phi) is 5.24. The van der Waals surface area contributed by atoms with Gasteiger partial charge in [-0.25, -0.2) is 4.68 Å². The zero-order valence-corrected chi connectivity index (χ0v) is 16.1. The third kappa shape index (κ3) is 4.79. The summed E-state index contributed by atoms with van der Waals surface area (Å²) in [5.41, 5.74) is 4.07. The molecule has 1 fully saturated rings. The second kappa shape index (κ2) is 8.14. The number of hydrogen-bond acceptors (Lipinski definition) is 3.